The minimum absolute atomic E-state index is 0.0157. The van der Waals surface area contributed by atoms with Crippen molar-refractivity contribution >= 4 is 10.0 Å². The summed E-state index contributed by atoms with van der Waals surface area (Å²) in [5.74, 6) is 0.248. The molecule has 1 aromatic heterocycles. The van der Waals surface area contributed by atoms with Gasteiger partial charge in [0, 0.05) is 13.6 Å². The Labute approximate surface area is 102 Å². The zero-order valence-corrected chi connectivity index (χ0v) is 10.4. The van der Waals surface area contributed by atoms with Crippen LogP contribution in [0.2, 0.25) is 0 Å². The Bertz CT molecular complexity index is 495. The topological polar surface area (TPSA) is 76.5 Å². The van der Waals surface area contributed by atoms with Crippen LogP contribution in [0.25, 0.3) is 0 Å². The van der Waals surface area contributed by atoms with E-state index in [-0.39, 0.29) is 12.3 Å². The van der Waals surface area contributed by atoms with Crippen LogP contribution in [0.15, 0.2) is 21.6 Å². The third-order valence-corrected chi connectivity index (χ3v) is 3.94. The third-order valence-electron chi connectivity index (χ3n) is 2.21. The molecule has 0 fully saturated rings. The molecule has 0 unspecified atom stereocenters. The summed E-state index contributed by atoms with van der Waals surface area (Å²) < 4.78 is 65.1. The summed E-state index contributed by atoms with van der Waals surface area (Å²) in [5.41, 5.74) is 5.25. The van der Waals surface area contributed by atoms with Gasteiger partial charge in [0.15, 0.2) is 0 Å². The van der Waals surface area contributed by atoms with Crippen LogP contribution < -0.4 is 5.73 Å². The van der Waals surface area contributed by atoms with Gasteiger partial charge in [0.25, 0.3) is 10.0 Å². The van der Waals surface area contributed by atoms with E-state index in [1.807, 2.05) is 0 Å². The fourth-order valence-corrected chi connectivity index (χ4v) is 2.26. The summed E-state index contributed by atoms with van der Waals surface area (Å²) in [6.07, 6.45) is -5.62. The molecule has 0 amide bonds. The molecule has 0 spiro atoms. The Morgan fingerprint density at radius 2 is 2.00 bits per heavy atom. The van der Waals surface area contributed by atoms with Crippen molar-refractivity contribution in [2.45, 2.75) is 24.2 Å². The molecule has 0 saturated carbocycles. The number of furan rings is 1. The Morgan fingerprint density at radius 3 is 2.44 bits per heavy atom. The second-order valence-corrected chi connectivity index (χ2v) is 5.59. The van der Waals surface area contributed by atoms with Crippen LogP contribution in [-0.2, 0) is 16.6 Å². The molecule has 0 saturated heterocycles. The number of nitrogens with zero attached hydrogens (tertiary/aromatic N) is 1. The minimum atomic E-state index is -4.41. The average Bonchev–Trinajstić information content (AvgIpc) is 2.73. The number of halogens is 3. The number of hydrogen-bond donors (Lipinski definition) is 1. The van der Waals surface area contributed by atoms with Gasteiger partial charge in [0.2, 0.25) is 5.09 Å². The van der Waals surface area contributed by atoms with Crippen molar-refractivity contribution in [3.8, 4) is 0 Å². The van der Waals surface area contributed by atoms with Gasteiger partial charge in [-0.2, -0.15) is 17.5 Å². The van der Waals surface area contributed by atoms with E-state index < -0.39 is 34.3 Å². The smallest absolute Gasteiger partial charge is 0.390 e. The molecule has 1 aromatic rings. The minimum Gasteiger partial charge on any atom is -0.447 e. The van der Waals surface area contributed by atoms with Crippen molar-refractivity contribution in [2.75, 3.05) is 13.6 Å². The van der Waals surface area contributed by atoms with Crippen LogP contribution in [0.1, 0.15) is 12.2 Å². The van der Waals surface area contributed by atoms with E-state index in [1.165, 1.54) is 12.1 Å². The molecular weight excluding hydrogens is 273 g/mol. The highest BCUT2D eigenvalue weighted by atomic mass is 32.2. The van der Waals surface area contributed by atoms with Crippen LogP contribution in [0.5, 0.6) is 0 Å². The molecule has 0 aliphatic carbocycles. The molecular formula is C9H13F3N2O3S. The lowest BCUT2D eigenvalue weighted by Gasteiger charge is -2.16. The van der Waals surface area contributed by atoms with Gasteiger partial charge in [0.1, 0.15) is 5.76 Å². The fourth-order valence-electron chi connectivity index (χ4n) is 1.16. The van der Waals surface area contributed by atoms with Gasteiger partial charge in [-0.3, -0.25) is 0 Å². The van der Waals surface area contributed by atoms with Crippen LogP contribution in [0, 0.1) is 0 Å². The maximum Gasteiger partial charge on any atom is 0.390 e. The van der Waals surface area contributed by atoms with Crippen molar-refractivity contribution in [3.63, 3.8) is 0 Å². The second-order valence-electron chi connectivity index (χ2n) is 3.62. The number of alkyl halides is 3. The summed E-state index contributed by atoms with van der Waals surface area (Å²) >= 11 is 0. The lowest BCUT2D eigenvalue weighted by molar-refractivity contribution is -0.135. The maximum atomic E-state index is 12.0. The summed E-state index contributed by atoms with van der Waals surface area (Å²) in [4.78, 5) is 0. The highest BCUT2D eigenvalue weighted by Gasteiger charge is 2.31. The van der Waals surface area contributed by atoms with Crippen molar-refractivity contribution in [2.24, 2.45) is 5.73 Å². The Hall–Kier alpha value is -1.06. The van der Waals surface area contributed by atoms with Crippen molar-refractivity contribution in [3.05, 3.63) is 17.9 Å². The van der Waals surface area contributed by atoms with Gasteiger partial charge < -0.3 is 10.2 Å². The van der Waals surface area contributed by atoms with Gasteiger partial charge >= 0.3 is 6.18 Å². The number of sulfonamides is 1. The highest BCUT2D eigenvalue weighted by Crippen LogP contribution is 2.22. The molecule has 1 rings (SSSR count). The van der Waals surface area contributed by atoms with Crippen LogP contribution in [-0.4, -0.2) is 32.5 Å². The zero-order chi connectivity index (χ0) is 14.0. The third kappa shape index (κ3) is 3.72. The zero-order valence-electron chi connectivity index (χ0n) is 9.57. The predicted molar refractivity (Wildman–Crippen MR) is 57.1 cm³/mol. The van der Waals surface area contributed by atoms with Crippen LogP contribution in [0.4, 0.5) is 13.2 Å². The number of rotatable bonds is 5. The molecule has 104 valence electrons. The first-order valence-corrected chi connectivity index (χ1v) is 6.42. The number of nitrogens with two attached hydrogens (primary N) is 1. The first-order chi connectivity index (χ1) is 8.16. The van der Waals surface area contributed by atoms with Crippen LogP contribution in [0.3, 0.4) is 0 Å². The molecule has 0 atom stereocenters. The Balaban J connectivity index is 2.80. The average molecular weight is 286 g/mol. The summed E-state index contributed by atoms with van der Waals surface area (Å²) in [6.45, 7) is -0.647. The van der Waals surface area contributed by atoms with Gasteiger partial charge in [0.05, 0.1) is 13.0 Å². The molecule has 0 radical (unpaired) electrons. The van der Waals surface area contributed by atoms with E-state index in [1.54, 1.807) is 0 Å². The fraction of sp³-hybridized carbons (Fsp3) is 0.556. The monoisotopic (exact) mass is 286 g/mol. The molecule has 2 N–H and O–H groups in total. The van der Waals surface area contributed by atoms with E-state index >= 15 is 0 Å². The molecule has 0 aromatic carbocycles. The molecule has 1 heterocycles. The normalized spacial score (nSPS) is 13.2. The van der Waals surface area contributed by atoms with Crippen molar-refractivity contribution in [1.82, 2.24) is 4.31 Å². The lowest BCUT2D eigenvalue weighted by Crippen LogP contribution is -2.30. The Kier molecular flexibility index (Phi) is 4.41. The molecule has 5 nitrogen and oxygen atoms in total. The highest BCUT2D eigenvalue weighted by molar-refractivity contribution is 7.89. The first-order valence-electron chi connectivity index (χ1n) is 4.98. The van der Waals surface area contributed by atoms with E-state index in [2.05, 4.69) is 0 Å². The molecule has 0 aliphatic rings. The van der Waals surface area contributed by atoms with Gasteiger partial charge in [-0.15, -0.1) is 0 Å². The summed E-state index contributed by atoms with van der Waals surface area (Å²) in [6, 6.07) is 2.53. The predicted octanol–water partition coefficient (Wildman–Crippen LogP) is 1.31. The van der Waals surface area contributed by atoms with Crippen molar-refractivity contribution < 1.29 is 26.0 Å². The lowest BCUT2D eigenvalue weighted by atomic mass is 10.4. The summed E-state index contributed by atoms with van der Waals surface area (Å²) in [5, 5.41) is -0.410. The second kappa shape index (κ2) is 5.29. The Morgan fingerprint density at radius 1 is 1.39 bits per heavy atom. The van der Waals surface area contributed by atoms with E-state index in [0.717, 1.165) is 7.05 Å². The SMILES string of the molecule is CN(CCC(F)(F)F)S(=O)(=O)c1ccc(CN)o1. The van der Waals surface area contributed by atoms with Crippen molar-refractivity contribution in [1.29, 1.82) is 0 Å². The van der Waals surface area contributed by atoms with Crippen LogP contribution >= 0.6 is 0 Å². The van der Waals surface area contributed by atoms with Gasteiger partial charge in [-0.25, -0.2) is 8.42 Å². The standard InChI is InChI=1S/C9H13F3N2O3S/c1-14(5-4-9(10,11)12)18(15,16)8-3-2-7(6-13)17-8/h2-3H,4-6,13H2,1H3. The molecule has 0 aliphatic heterocycles. The van der Waals surface area contributed by atoms with Gasteiger partial charge in [-0.1, -0.05) is 0 Å². The van der Waals surface area contributed by atoms with E-state index in [9.17, 15) is 21.6 Å². The molecule has 9 heteroatoms. The molecule has 0 bridgehead atoms. The van der Waals surface area contributed by atoms with Gasteiger partial charge in [-0.05, 0) is 12.1 Å². The van der Waals surface area contributed by atoms with E-state index in [4.69, 9.17) is 10.2 Å². The maximum absolute atomic E-state index is 12.0. The largest absolute Gasteiger partial charge is 0.447 e. The molecule has 18 heavy (non-hydrogen) atoms. The quantitative estimate of drug-likeness (QED) is 0.885. The first kappa shape index (κ1) is 15.0. The number of hydrogen-bond acceptors (Lipinski definition) is 4. The summed E-state index contributed by atoms with van der Waals surface area (Å²) in [7, 11) is -2.98. The van der Waals surface area contributed by atoms with E-state index in [0.29, 0.717) is 4.31 Å².